The molecule has 78 valence electrons. The number of carbonyl (C=O) groups is 1. The Bertz CT molecular complexity index is 284. The van der Waals surface area contributed by atoms with E-state index in [9.17, 15) is 4.79 Å². The zero-order chi connectivity index (χ0) is 10.6. The topological polar surface area (TPSA) is 98.2 Å². The van der Waals surface area contributed by atoms with E-state index in [1.807, 2.05) is 0 Å². The van der Waals surface area contributed by atoms with Gasteiger partial charge in [0.25, 0.3) is 0 Å². The van der Waals surface area contributed by atoms with Gasteiger partial charge in [0, 0.05) is 25.2 Å². The van der Waals surface area contributed by atoms with Gasteiger partial charge in [-0.05, 0) is 0 Å². The highest BCUT2D eigenvalue weighted by molar-refractivity contribution is 5.73. The van der Waals surface area contributed by atoms with Gasteiger partial charge in [0.05, 0.1) is 12.4 Å². The average Bonchev–Trinajstić information content (AvgIpc) is 2.54. The van der Waals surface area contributed by atoms with Crippen molar-refractivity contribution >= 4 is 5.91 Å². The number of hydrogen-bond acceptors (Lipinski definition) is 4. The largest absolute Gasteiger partial charge is 0.366 e. The third-order valence-electron chi connectivity index (χ3n) is 1.74. The molecule has 0 bridgehead atoms. The fourth-order valence-corrected chi connectivity index (χ4v) is 1.13. The van der Waals surface area contributed by atoms with Crippen molar-refractivity contribution in [2.24, 2.45) is 0 Å². The molecule has 0 aliphatic rings. The lowest BCUT2D eigenvalue weighted by Gasteiger charge is -2.18. The van der Waals surface area contributed by atoms with Crippen molar-refractivity contribution in [1.29, 1.82) is 0 Å². The fourth-order valence-electron chi connectivity index (χ4n) is 1.13. The molecule has 0 aliphatic heterocycles. The van der Waals surface area contributed by atoms with E-state index in [1.54, 1.807) is 6.20 Å². The molecule has 0 saturated carbocycles. The van der Waals surface area contributed by atoms with Crippen LogP contribution in [0.3, 0.4) is 0 Å². The molecule has 0 saturated heterocycles. The number of aromatic nitrogens is 2. The fraction of sp³-hybridized carbons (Fsp3) is 0.500. The third kappa shape index (κ3) is 3.15. The minimum absolute atomic E-state index is 0.303. The van der Waals surface area contributed by atoms with Crippen molar-refractivity contribution in [2.45, 2.75) is 25.7 Å². The number of aliphatic hydroxyl groups excluding tert-OH is 1. The summed E-state index contributed by atoms with van der Waals surface area (Å²) in [6.45, 7) is 1.32. The van der Waals surface area contributed by atoms with E-state index in [1.165, 1.54) is 13.3 Å². The second-order valence-corrected chi connectivity index (χ2v) is 3.00. The highest BCUT2D eigenvalue weighted by atomic mass is 16.5. The van der Waals surface area contributed by atoms with Crippen LogP contribution in [0.15, 0.2) is 12.5 Å². The number of aromatic amines is 1. The van der Waals surface area contributed by atoms with Gasteiger partial charge in [-0.3, -0.25) is 4.79 Å². The molecule has 1 heterocycles. The quantitative estimate of drug-likeness (QED) is 0.456. The van der Waals surface area contributed by atoms with Gasteiger partial charge in [-0.1, -0.05) is 0 Å². The maximum atomic E-state index is 10.7. The molecule has 14 heavy (non-hydrogen) atoms. The van der Waals surface area contributed by atoms with E-state index in [0.29, 0.717) is 6.42 Å². The molecule has 0 aromatic carbocycles. The molecule has 1 rings (SSSR count). The Morgan fingerprint density at radius 3 is 2.86 bits per heavy atom. The molecule has 1 unspecified atom stereocenters. The summed E-state index contributed by atoms with van der Waals surface area (Å²) >= 11 is 0. The Morgan fingerprint density at radius 2 is 2.43 bits per heavy atom. The first-order valence-electron chi connectivity index (χ1n) is 4.20. The van der Waals surface area contributed by atoms with Gasteiger partial charge in [0.15, 0.2) is 6.29 Å². The number of amides is 1. The van der Waals surface area contributed by atoms with Crippen molar-refractivity contribution in [3.8, 4) is 0 Å². The molecule has 1 aromatic heterocycles. The van der Waals surface area contributed by atoms with Crippen molar-refractivity contribution in [1.82, 2.24) is 15.3 Å². The molecule has 1 atom stereocenters. The maximum Gasteiger partial charge on any atom is 0.217 e. The van der Waals surface area contributed by atoms with Gasteiger partial charge in [-0.15, -0.1) is 0 Å². The number of rotatable bonds is 4. The second-order valence-electron chi connectivity index (χ2n) is 3.00. The molecule has 0 fully saturated rings. The van der Waals surface area contributed by atoms with Gasteiger partial charge < -0.3 is 20.5 Å². The molecule has 6 nitrogen and oxygen atoms in total. The second kappa shape index (κ2) is 4.73. The van der Waals surface area contributed by atoms with E-state index in [-0.39, 0.29) is 5.91 Å². The molecule has 1 aromatic rings. The molecule has 0 radical (unpaired) electrons. The Balaban J connectivity index is 2.56. The summed E-state index contributed by atoms with van der Waals surface area (Å²) in [4.78, 5) is 17.3. The highest BCUT2D eigenvalue weighted by Crippen LogP contribution is 2.01. The molecule has 0 spiro atoms. The summed E-state index contributed by atoms with van der Waals surface area (Å²) in [6, 6.07) is -0.715. The van der Waals surface area contributed by atoms with Crippen LogP contribution in [0.5, 0.6) is 0 Å². The molecule has 1 amide bonds. The Morgan fingerprint density at radius 1 is 1.71 bits per heavy atom. The normalized spacial score (nSPS) is 12.9. The van der Waals surface area contributed by atoms with Crippen molar-refractivity contribution in [3.63, 3.8) is 0 Å². The number of imidazole rings is 1. The highest BCUT2D eigenvalue weighted by Gasteiger charge is 2.18. The van der Waals surface area contributed by atoms with E-state index in [2.05, 4.69) is 15.3 Å². The first-order valence-corrected chi connectivity index (χ1v) is 4.20. The number of carbonyl (C=O) groups excluding carboxylic acids is 1. The minimum Gasteiger partial charge on any atom is -0.366 e. The number of nitrogens with one attached hydrogen (secondary N) is 2. The van der Waals surface area contributed by atoms with Crippen LogP contribution in [0.25, 0.3) is 0 Å². The van der Waals surface area contributed by atoms with Crippen LogP contribution in [-0.2, 0) is 11.2 Å². The maximum absolute atomic E-state index is 10.7. The van der Waals surface area contributed by atoms with E-state index < -0.39 is 12.3 Å². The lowest BCUT2D eigenvalue weighted by molar-refractivity contribution is -0.124. The van der Waals surface area contributed by atoms with E-state index in [4.69, 9.17) is 10.2 Å². The molecule has 4 N–H and O–H groups in total. The van der Waals surface area contributed by atoms with Crippen LogP contribution in [0, 0.1) is 0 Å². The summed E-state index contributed by atoms with van der Waals surface area (Å²) in [6.07, 6.45) is 1.78. The van der Waals surface area contributed by atoms with E-state index in [0.717, 1.165) is 5.69 Å². The van der Waals surface area contributed by atoms with Crippen molar-refractivity contribution in [3.05, 3.63) is 18.2 Å². The number of aliphatic hydroxyl groups is 2. The monoisotopic (exact) mass is 199 g/mol. The van der Waals surface area contributed by atoms with Crippen LogP contribution < -0.4 is 5.32 Å². The number of hydrogen-bond donors (Lipinski definition) is 4. The Labute approximate surface area is 81.0 Å². The van der Waals surface area contributed by atoms with Gasteiger partial charge in [-0.25, -0.2) is 4.98 Å². The lowest BCUT2D eigenvalue weighted by Crippen LogP contribution is -2.43. The van der Waals surface area contributed by atoms with Crippen LogP contribution in [0.1, 0.15) is 12.6 Å². The summed E-state index contributed by atoms with van der Waals surface area (Å²) < 4.78 is 0. The minimum atomic E-state index is -1.58. The molecule has 6 heteroatoms. The summed E-state index contributed by atoms with van der Waals surface area (Å²) in [5.74, 6) is -0.303. The van der Waals surface area contributed by atoms with Crippen LogP contribution in [-0.4, -0.2) is 38.4 Å². The van der Waals surface area contributed by atoms with Gasteiger partial charge >= 0.3 is 0 Å². The third-order valence-corrected chi connectivity index (χ3v) is 1.74. The zero-order valence-corrected chi connectivity index (χ0v) is 7.77. The Hall–Kier alpha value is -1.40. The van der Waals surface area contributed by atoms with Gasteiger partial charge in [-0.2, -0.15) is 0 Å². The summed E-state index contributed by atoms with van der Waals surface area (Å²) in [5, 5.41) is 20.4. The van der Waals surface area contributed by atoms with Crippen molar-refractivity contribution < 1.29 is 15.0 Å². The standard InChI is InChI=1S/C8H13N3O3/c1-5(12)11-7(8(13)14)2-6-3-9-4-10-6/h3-4,7-8,13-14H,2H2,1H3,(H,9,10)(H,11,12). The van der Waals surface area contributed by atoms with Crippen LogP contribution in [0.2, 0.25) is 0 Å². The number of nitrogens with zero attached hydrogens (tertiary/aromatic N) is 1. The van der Waals surface area contributed by atoms with Crippen LogP contribution >= 0.6 is 0 Å². The predicted molar refractivity (Wildman–Crippen MR) is 48.1 cm³/mol. The first kappa shape index (κ1) is 10.7. The first-order chi connectivity index (χ1) is 6.59. The number of H-pyrrole nitrogens is 1. The van der Waals surface area contributed by atoms with Gasteiger partial charge in [0.2, 0.25) is 5.91 Å². The summed E-state index contributed by atoms with van der Waals surface area (Å²) in [5.41, 5.74) is 0.733. The smallest absolute Gasteiger partial charge is 0.217 e. The Kier molecular flexibility index (Phi) is 3.61. The van der Waals surface area contributed by atoms with Crippen molar-refractivity contribution in [2.75, 3.05) is 0 Å². The van der Waals surface area contributed by atoms with E-state index >= 15 is 0 Å². The zero-order valence-electron chi connectivity index (χ0n) is 7.77. The van der Waals surface area contributed by atoms with Gasteiger partial charge in [0.1, 0.15) is 0 Å². The average molecular weight is 199 g/mol. The predicted octanol–water partition coefficient (Wildman–Crippen LogP) is -1.23. The van der Waals surface area contributed by atoms with Crippen LogP contribution in [0.4, 0.5) is 0 Å². The summed E-state index contributed by atoms with van der Waals surface area (Å²) in [7, 11) is 0. The molecular formula is C8H13N3O3. The SMILES string of the molecule is CC(=O)NC(Cc1cnc[nH]1)C(O)O. The molecule has 0 aliphatic carbocycles. The lowest BCUT2D eigenvalue weighted by atomic mass is 10.1. The molecular weight excluding hydrogens is 186 g/mol.